The van der Waals surface area contributed by atoms with Gasteiger partial charge in [-0.15, -0.1) is 11.3 Å². The predicted molar refractivity (Wildman–Crippen MR) is 85.5 cm³/mol. The van der Waals surface area contributed by atoms with Crippen molar-refractivity contribution in [3.8, 4) is 0 Å². The number of nitro benzene ring substituents is 1. The smallest absolute Gasteiger partial charge is 0.258 e. The van der Waals surface area contributed by atoms with Gasteiger partial charge in [0.15, 0.2) is 0 Å². The third-order valence-electron chi connectivity index (χ3n) is 2.90. The Bertz CT molecular complexity index is 848. The van der Waals surface area contributed by atoms with Gasteiger partial charge in [-0.25, -0.2) is 4.98 Å². The maximum absolute atomic E-state index is 10.9. The summed E-state index contributed by atoms with van der Waals surface area (Å²) in [6, 6.07) is 10.1. The molecule has 1 aromatic heterocycles. The van der Waals surface area contributed by atoms with Crippen molar-refractivity contribution in [2.75, 3.05) is 0 Å². The molecule has 0 N–H and O–H groups in total. The van der Waals surface area contributed by atoms with Gasteiger partial charge in [0.1, 0.15) is 0 Å². The highest BCUT2D eigenvalue weighted by Gasteiger charge is 2.11. The molecule has 0 saturated heterocycles. The summed E-state index contributed by atoms with van der Waals surface area (Å²) in [5.74, 6) is 0. The minimum absolute atomic E-state index is 0.0124. The number of thiazole rings is 1. The maximum atomic E-state index is 10.9. The van der Waals surface area contributed by atoms with Gasteiger partial charge in [0.05, 0.1) is 20.1 Å². The number of hydrogen-bond donors (Lipinski definition) is 0. The standard InChI is InChI=1S/C14H8Cl2N2O2S/c15-9-1-2-13-12(7-9)17-14(21-13)5-8-3-10(16)6-11(4-8)18(19)20/h1-4,6-7H,5H2. The molecule has 2 aromatic carbocycles. The molecule has 1 heterocycles. The molecule has 0 spiro atoms. The van der Waals surface area contributed by atoms with Gasteiger partial charge in [0, 0.05) is 28.6 Å². The number of benzene rings is 2. The fraction of sp³-hybridized carbons (Fsp3) is 0.0714. The first-order valence-electron chi connectivity index (χ1n) is 6.00. The lowest BCUT2D eigenvalue weighted by Gasteiger charge is -2.00. The maximum Gasteiger partial charge on any atom is 0.271 e. The predicted octanol–water partition coefficient (Wildman–Crippen LogP) is 5.10. The van der Waals surface area contributed by atoms with Crippen LogP contribution in [-0.4, -0.2) is 9.91 Å². The van der Waals surface area contributed by atoms with Crippen LogP contribution < -0.4 is 0 Å². The van der Waals surface area contributed by atoms with E-state index in [2.05, 4.69) is 4.98 Å². The minimum atomic E-state index is -0.451. The van der Waals surface area contributed by atoms with Crippen LogP contribution in [0.3, 0.4) is 0 Å². The van der Waals surface area contributed by atoms with Crippen molar-refractivity contribution in [2.45, 2.75) is 6.42 Å². The second-order valence-electron chi connectivity index (χ2n) is 4.47. The van der Waals surface area contributed by atoms with E-state index in [4.69, 9.17) is 23.2 Å². The Morgan fingerprint density at radius 3 is 2.71 bits per heavy atom. The van der Waals surface area contributed by atoms with E-state index < -0.39 is 4.92 Å². The molecule has 106 valence electrons. The Morgan fingerprint density at radius 2 is 1.95 bits per heavy atom. The first-order chi connectivity index (χ1) is 10.0. The topological polar surface area (TPSA) is 56.0 Å². The summed E-state index contributed by atoms with van der Waals surface area (Å²) < 4.78 is 1.03. The Balaban J connectivity index is 1.96. The SMILES string of the molecule is O=[N+]([O-])c1cc(Cl)cc(Cc2nc3cc(Cl)ccc3s2)c1. The molecule has 0 radical (unpaired) electrons. The van der Waals surface area contributed by atoms with Crippen molar-refractivity contribution in [1.82, 2.24) is 4.98 Å². The van der Waals surface area contributed by atoms with E-state index in [1.807, 2.05) is 12.1 Å². The lowest BCUT2D eigenvalue weighted by atomic mass is 10.1. The molecule has 3 rings (SSSR count). The third kappa shape index (κ3) is 3.15. The van der Waals surface area contributed by atoms with E-state index in [9.17, 15) is 10.1 Å². The molecule has 3 aromatic rings. The van der Waals surface area contributed by atoms with E-state index in [0.717, 1.165) is 20.8 Å². The van der Waals surface area contributed by atoms with Gasteiger partial charge in [-0.05, 0) is 29.8 Å². The zero-order valence-electron chi connectivity index (χ0n) is 10.5. The highest BCUT2D eigenvalue weighted by molar-refractivity contribution is 7.18. The molecular formula is C14H8Cl2N2O2S. The molecule has 0 aliphatic heterocycles. The van der Waals surface area contributed by atoms with Crippen LogP contribution in [0.2, 0.25) is 10.0 Å². The van der Waals surface area contributed by atoms with Gasteiger partial charge < -0.3 is 0 Å². The molecule has 0 saturated carbocycles. The molecular weight excluding hydrogens is 331 g/mol. The highest BCUT2D eigenvalue weighted by Crippen LogP contribution is 2.28. The van der Waals surface area contributed by atoms with Gasteiger partial charge in [-0.2, -0.15) is 0 Å². The molecule has 4 nitrogen and oxygen atoms in total. The molecule has 0 aliphatic rings. The summed E-state index contributed by atoms with van der Waals surface area (Å²) in [5.41, 5.74) is 1.58. The van der Waals surface area contributed by atoms with E-state index in [1.165, 1.54) is 23.5 Å². The average molecular weight is 339 g/mol. The number of fused-ring (bicyclic) bond motifs is 1. The van der Waals surface area contributed by atoms with E-state index in [-0.39, 0.29) is 5.69 Å². The zero-order valence-corrected chi connectivity index (χ0v) is 12.9. The third-order valence-corrected chi connectivity index (χ3v) is 4.39. The normalized spacial score (nSPS) is 11.0. The summed E-state index contributed by atoms with van der Waals surface area (Å²) in [7, 11) is 0. The van der Waals surface area contributed by atoms with Crippen LogP contribution in [0.5, 0.6) is 0 Å². The lowest BCUT2D eigenvalue weighted by Crippen LogP contribution is -1.92. The van der Waals surface area contributed by atoms with E-state index in [0.29, 0.717) is 16.5 Å². The van der Waals surface area contributed by atoms with Gasteiger partial charge in [-0.1, -0.05) is 23.2 Å². The van der Waals surface area contributed by atoms with Crippen LogP contribution in [0.15, 0.2) is 36.4 Å². The molecule has 7 heteroatoms. The number of hydrogen-bond acceptors (Lipinski definition) is 4. The zero-order chi connectivity index (χ0) is 15.0. The van der Waals surface area contributed by atoms with Gasteiger partial charge in [-0.3, -0.25) is 10.1 Å². The molecule has 21 heavy (non-hydrogen) atoms. The summed E-state index contributed by atoms with van der Waals surface area (Å²) in [6.07, 6.45) is 0.498. The van der Waals surface area contributed by atoms with Crippen LogP contribution >= 0.6 is 34.5 Å². The molecule has 0 atom stereocenters. The highest BCUT2D eigenvalue weighted by atomic mass is 35.5. The Hall–Kier alpha value is -1.69. The Morgan fingerprint density at radius 1 is 1.14 bits per heavy atom. The minimum Gasteiger partial charge on any atom is -0.258 e. The molecule has 0 unspecified atom stereocenters. The number of aromatic nitrogens is 1. The van der Waals surface area contributed by atoms with Crippen LogP contribution in [0.4, 0.5) is 5.69 Å². The van der Waals surface area contributed by atoms with Crippen LogP contribution in [-0.2, 0) is 6.42 Å². The summed E-state index contributed by atoms with van der Waals surface area (Å²) >= 11 is 13.4. The molecule has 0 aliphatic carbocycles. The van der Waals surface area contributed by atoms with E-state index in [1.54, 1.807) is 12.1 Å². The second kappa shape index (κ2) is 5.60. The number of halogens is 2. The first kappa shape index (κ1) is 14.3. The van der Waals surface area contributed by atoms with Gasteiger partial charge in [0.2, 0.25) is 0 Å². The fourth-order valence-electron chi connectivity index (χ4n) is 2.04. The molecule has 0 bridgehead atoms. The van der Waals surface area contributed by atoms with Crippen LogP contribution in [0.1, 0.15) is 10.6 Å². The quantitative estimate of drug-likeness (QED) is 0.493. The number of nitrogens with zero attached hydrogens (tertiary/aromatic N) is 2. The van der Waals surface area contributed by atoms with Crippen molar-refractivity contribution in [3.63, 3.8) is 0 Å². The molecule has 0 fully saturated rings. The Kier molecular flexibility index (Phi) is 3.80. The van der Waals surface area contributed by atoms with Crippen LogP contribution in [0, 0.1) is 10.1 Å². The summed E-state index contributed by atoms with van der Waals surface area (Å²) in [4.78, 5) is 14.9. The van der Waals surface area contributed by atoms with Crippen molar-refractivity contribution in [3.05, 3.63) is 67.1 Å². The van der Waals surface area contributed by atoms with Crippen molar-refractivity contribution < 1.29 is 4.92 Å². The Labute approximate surface area is 134 Å². The summed E-state index contributed by atoms with van der Waals surface area (Å²) in [5, 5.41) is 12.7. The van der Waals surface area contributed by atoms with Crippen molar-refractivity contribution in [2.24, 2.45) is 0 Å². The molecule has 0 amide bonds. The number of non-ortho nitro benzene ring substituents is 1. The lowest BCUT2D eigenvalue weighted by molar-refractivity contribution is -0.384. The first-order valence-corrected chi connectivity index (χ1v) is 7.57. The number of rotatable bonds is 3. The number of nitro groups is 1. The van der Waals surface area contributed by atoms with Crippen molar-refractivity contribution >= 4 is 50.4 Å². The van der Waals surface area contributed by atoms with Crippen LogP contribution in [0.25, 0.3) is 10.2 Å². The second-order valence-corrected chi connectivity index (χ2v) is 6.46. The summed E-state index contributed by atoms with van der Waals surface area (Å²) in [6.45, 7) is 0. The fourth-order valence-corrected chi connectivity index (χ4v) is 3.44. The van der Waals surface area contributed by atoms with Gasteiger partial charge in [0.25, 0.3) is 5.69 Å². The average Bonchev–Trinajstić information content (AvgIpc) is 2.79. The van der Waals surface area contributed by atoms with E-state index >= 15 is 0 Å². The largest absolute Gasteiger partial charge is 0.271 e. The monoisotopic (exact) mass is 338 g/mol. The van der Waals surface area contributed by atoms with Crippen molar-refractivity contribution in [1.29, 1.82) is 0 Å². The van der Waals surface area contributed by atoms with Gasteiger partial charge >= 0.3 is 0 Å².